The summed E-state index contributed by atoms with van der Waals surface area (Å²) < 4.78 is 5.39. The summed E-state index contributed by atoms with van der Waals surface area (Å²) in [6.07, 6.45) is 5.82. The van der Waals surface area contributed by atoms with Crippen molar-refractivity contribution in [1.29, 1.82) is 0 Å². The maximum Gasteiger partial charge on any atom is 0.330 e. The molecule has 0 radical (unpaired) electrons. The van der Waals surface area contributed by atoms with Crippen LogP contribution in [0.1, 0.15) is 18.9 Å². The van der Waals surface area contributed by atoms with E-state index in [-0.39, 0.29) is 24.1 Å². The van der Waals surface area contributed by atoms with Gasteiger partial charge < -0.3 is 5.32 Å². The summed E-state index contributed by atoms with van der Waals surface area (Å²) in [4.78, 5) is 17.7. The molecule has 0 spiro atoms. The Morgan fingerprint density at radius 3 is 2.89 bits per heavy atom. The molecular formula is C19H21ClN6O. The van der Waals surface area contributed by atoms with Gasteiger partial charge in [0.05, 0.1) is 29.0 Å². The summed E-state index contributed by atoms with van der Waals surface area (Å²) in [5.74, 6) is 0. The minimum Gasteiger partial charge on any atom is -0.315 e. The molecule has 0 aliphatic carbocycles. The summed E-state index contributed by atoms with van der Waals surface area (Å²) in [5, 5.41) is 7.79. The van der Waals surface area contributed by atoms with Gasteiger partial charge >= 0.3 is 5.69 Å². The summed E-state index contributed by atoms with van der Waals surface area (Å²) in [7, 11) is 1.81. The molecule has 4 aromatic heterocycles. The molecule has 0 aromatic carbocycles. The average molecular weight is 385 g/mol. The topological polar surface area (TPSA) is 69.2 Å². The van der Waals surface area contributed by atoms with Crippen LogP contribution in [0.2, 0.25) is 0 Å². The van der Waals surface area contributed by atoms with Crippen LogP contribution in [0.15, 0.2) is 47.5 Å². The van der Waals surface area contributed by atoms with E-state index >= 15 is 0 Å². The van der Waals surface area contributed by atoms with Crippen LogP contribution in [0.25, 0.3) is 27.9 Å². The van der Waals surface area contributed by atoms with Gasteiger partial charge in [-0.2, -0.15) is 5.10 Å². The monoisotopic (exact) mass is 384 g/mol. The first-order valence-electron chi connectivity index (χ1n) is 8.95. The Balaban J connectivity index is 0.00000180. The number of piperidine rings is 1. The molecule has 1 N–H and O–H groups in total. The first-order valence-corrected chi connectivity index (χ1v) is 8.95. The fraction of sp³-hybridized carbons (Fsp3) is 0.316. The maximum absolute atomic E-state index is 12.8. The van der Waals surface area contributed by atoms with E-state index in [0.29, 0.717) is 0 Å². The van der Waals surface area contributed by atoms with E-state index in [0.717, 1.165) is 53.9 Å². The quantitative estimate of drug-likeness (QED) is 0.576. The second kappa shape index (κ2) is 6.83. The Bertz CT molecular complexity index is 1170. The standard InChI is InChI=1S/C19H20N6O.ClH/c1-23-17-8-7-15(14-12-21-24-10-3-2-6-16(14)24)22-18(17)25(19(23)26)13-5-4-9-20-11-13;/h2-3,6-8,10,12-13,20H,4-5,9,11H2,1H3;1H/t13-;/m0./s1. The molecule has 0 unspecified atom stereocenters. The van der Waals surface area contributed by atoms with Crippen molar-refractivity contribution in [2.24, 2.45) is 7.05 Å². The van der Waals surface area contributed by atoms with Gasteiger partial charge in [-0.05, 0) is 43.7 Å². The molecule has 8 heteroatoms. The molecule has 0 bridgehead atoms. The van der Waals surface area contributed by atoms with E-state index < -0.39 is 0 Å². The molecule has 5 rings (SSSR count). The van der Waals surface area contributed by atoms with Crippen LogP contribution in [0, 0.1) is 0 Å². The van der Waals surface area contributed by atoms with Gasteiger partial charge in [0.25, 0.3) is 0 Å². The third-order valence-electron chi connectivity index (χ3n) is 5.28. The zero-order valence-corrected chi connectivity index (χ0v) is 15.8. The SMILES string of the molecule is Cl.Cn1c(=O)n([C@H]2CCCNC2)c2nc(-c3cnn4ccccc34)ccc21. The minimum absolute atomic E-state index is 0. The van der Waals surface area contributed by atoms with E-state index in [1.54, 1.807) is 4.57 Å². The first kappa shape index (κ1) is 17.8. The van der Waals surface area contributed by atoms with Gasteiger partial charge in [-0.3, -0.25) is 9.13 Å². The lowest BCUT2D eigenvalue weighted by molar-refractivity contribution is 0.368. The number of fused-ring (bicyclic) bond motifs is 2. The van der Waals surface area contributed by atoms with Crippen molar-refractivity contribution in [1.82, 2.24) is 29.0 Å². The number of aromatic nitrogens is 5. The Labute approximate surface area is 162 Å². The second-order valence-corrected chi connectivity index (χ2v) is 6.84. The Morgan fingerprint density at radius 2 is 2.07 bits per heavy atom. The first-order chi connectivity index (χ1) is 12.7. The molecule has 1 aliphatic rings. The smallest absolute Gasteiger partial charge is 0.315 e. The lowest BCUT2D eigenvalue weighted by Crippen LogP contribution is -2.36. The van der Waals surface area contributed by atoms with Crippen LogP contribution in [-0.2, 0) is 7.05 Å². The summed E-state index contributed by atoms with van der Waals surface area (Å²) in [6, 6.07) is 10.1. The number of nitrogens with one attached hydrogen (secondary N) is 1. The number of aryl methyl sites for hydroxylation is 1. The zero-order valence-electron chi connectivity index (χ0n) is 15.0. The van der Waals surface area contributed by atoms with E-state index in [1.165, 1.54) is 0 Å². The molecule has 1 fully saturated rings. The van der Waals surface area contributed by atoms with Crippen molar-refractivity contribution >= 4 is 29.1 Å². The number of hydrogen-bond acceptors (Lipinski definition) is 4. The van der Waals surface area contributed by atoms with Crippen molar-refractivity contribution in [2.45, 2.75) is 18.9 Å². The molecular weight excluding hydrogens is 364 g/mol. The van der Waals surface area contributed by atoms with Crippen molar-refractivity contribution < 1.29 is 0 Å². The predicted molar refractivity (Wildman–Crippen MR) is 108 cm³/mol. The summed E-state index contributed by atoms with van der Waals surface area (Å²) >= 11 is 0. The molecule has 0 amide bonds. The van der Waals surface area contributed by atoms with Crippen molar-refractivity contribution in [2.75, 3.05) is 13.1 Å². The van der Waals surface area contributed by atoms with E-state index in [9.17, 15) is 4.79 Å². The van der Waals surface area contributed by atoms with Crippen molar-refractivity contribution in [3.05, 3.63) is 53.2 Å². The largest absolute Gasteiger partial charge is 0.330 e. The van der Waals surface area contributed by atoms with Crippen LogP contribution in [0.3, 0.4) is 0 Å². The summed E-state index contributed by atoms with van der Waals surface area (Å²) in [6.45, 7) is 1.82. The number of imidazole rings is 1. The fourth-order valence-electron chi connectivity index (χ4n) is 3.90. The third-order valence-corrected chi connectivity index (χ3v) is 5.28. The Morgan fingerprint density at radius 1 is 1.19 bits per heavy atom. The van der Waals surface area contributed by atoms with Gasteiger partial charge in [0, 0.05) is 25.4 Å². The number of rotatable bonds is 2. The molecule has 1 saturated heterocycles. The normalized spacial score (nSPS) is 17.3. The van der Waals surface area contributed by atoms with E-state index in [1.807, 2.05) is 58.9 Å². The highest BCUT2D eigenvalue weighted by molar-refractivity contribution is 5.85. The van der Waals surface area contributed by atoms with Gasteiger partial charge in [0.2, 0.25) is 0 Å². The van der Waals surface area contributed by atoms with Gasteiger partial charge in [0.15, 0.2) is 5.65 Å². The highest BCUT2D eigenvalue weighted by Gasteiger charge is 2.22. The molecule has 140 valence electrons. The van der Waals surface area contributed by atoms with E-state index in [2.05, 4.69) is 10.4 Å². The van der Waals surface area contributed by atoms with Gasteiger partial charge in [-0.15, -0.1) is 12.4 Å². The Hall–Kier alpha value is -2.64. The molecule has 5 heterocycles. The van der Waals surface area contributed by atoms with Crippen LogP contribution in [-0.4, -0.2) is 36.8 Å². The van der Waals surface area contributed by atoms with Crippen LogP contribution in [0.5, 0.6) is 0 Å². The van der Waals surface area contributed by atoms with Crippen molar-refractivity contribution in [3.8, 4) is 11.3 Å². The highest BCUT2D eigenvalue weighted by Crippen LogP contribution is 2.26. The Kier molecular flexibility index (Phi) is 4.49. The number of pyridine rings is 2. The predicted octanol–water partition coefficient (Wildman–Crippen LogP) is 2.40. The molecule has 1 atom stereocenters. The van der Waals surface area contributed by atoms with Crippen molar-refractivity contribution in [3.63, 3.8) is 0 Å². The number of nitrogens with zero attached hydrogens (tertiary/aromatic N) is 5. The lowest BCUT2D eigenvalue weighted by Gasteiger charge is -2.23. The number of halogens is 1. The minimum atomic E-state index is -0.00165. The second-order valence-electron chi connectivity index (χ2n) is 6.84. The maximum atomic E-state index is 12.8. The molecule has 1 aliphatic heterocycles. The highest BCUT2D eigenvalue weighted by atomic mass is 35.5. The van der Waals surface area contributed by atoms with Crippen LogP contribution < -0.4 is 11.0 Å². The lowest BCUT2D eigenvalue weighted by atomic mass is 10.1. The fourth-order valence-corrected chi connectivity index (χ4v) is 3.90. The molecule has 27 heavy (non-hydrogen) atoms. The van der Waals surface area contributed by atoms with Gasteiger partial charge in [0.1, 0.15) is 0 Å². The third kappa shape index (κ3) is 2.74. The van der Waals surface area contributed by atoms with Gasteiger partial charge in [-0.25, -0.2) is 14.3 Å². The van der Waals surface area contributed by atoms with Crippen LogP contribution >= 0.6 is 12.4 Å². The van der Waals surface area contributed by atoms with Gasteiger partial charge in [-0.1, -0.05) is 6.07 Å². The average Bonchev–Trinajstić information content (AvgIpc) is 3.22. The number of hydrogen-bond donors (Lipinski definition) is 1. The van der Waals surface area contributed by atoms with Crippen LogP contribution in [0.4, 0.5) is 0 Å². The zero-order chi connectivity index (χ0) is 17.7. The molecule has 4 aromatic rings. The molecule has 0 saturated carbocycles. The van der Waals surface area contributed by atoms with E-state index in [4.69, 9.17) is 4.98 Å². The summed E-state index contributed by atoms with van der Waals surface area (Å²) in [5.41, 5.74) is 4.42. The molecule has 7 nitrogen and oxygen atoms in total.